The number of H-pyrrole nitrogens is 1. The molecule has 3 rings (SSSR count). The predicted molar refractivity (Wildman–Crippen MR) is 89.0 cm³/mol. The second kappa shape index (κ2) is 6.99. The number of anilines is 1. The van der Waals surface area contributed by atoms with Crippen LogP contribution >= 0.6 is 11.6 Å². The molecule has 0 aliphatic carbocycles. The van der Waals surface area contributed by atoms with E-state index in [0.29, 0.717) is 23.2 Å². The number of para-hydroxylation sites is 1. The molecule has 2 N–H and O–H groups in total. The third-order valence-corrected chi connectivity index (χ3v) is 4.45. The Kier molecular flexibility index (Phi) is 4.80. The highest BCUT2D eigenvalue weighted by Gasteiger charge is 2.26. The number of amides is 1. The van der Waals surface area contributed by atoms with Crippen LogP contribution in [0.3, 0.4) is 0 Å². The van der Waals surface area contributed by atoms with E-state index < -0.39 is 0 Å². The molecule has 116 valence electrons. The van der Waals surface area contributed by atoms with Gasteiger partial charge in [-0.05, 0) is 43.7 Å². The van der Waals surface area contributed by atoms with E-state index in [2.05, 4.69) is 21.3 Å². The zero-order valence-electron chi connectivity index (χ0n) is 12.4. The van der Waals surface area contributed by atoms with Crippen molar-refractivity contribution in [2.45, 2.75) is 25.3 Å². The summed E-state index contributed by atoms with van der Waals surface area (Å²) in [6.07, 6.45) is 4.75. The van der Waals surface area contributed by atoms with Gasteiger partial charge in [-0.15, -0.1) is 0 Å². The number of carbonyl (C=O) groups excluding carboxylic acids is 1. The van der Waals surface area contributed by atoms with Crippen molar-refractivity contribution < 1.29 is 4.79 Å². The first-order chi connectivity index (χ1) is 10.7. The fraction of sp³-hybridized carbons (Fsp3) is 0.353. The summed E-state index contributed by atoms with van der Waals surface area (Å²) in [6, 6.07) is 11.9. The summed E-state index contributed by atoms with van der Waals surface area (Å²) in [4.78, 5) is 17.8. The van der Waals surface area contributed by atoms with Crippen LogP contribution in [0.25, 0.3) is 0 Å². The highest BCUT2D eigenvalue weighted by atomic mass is 35.5. The second-order valence-electron chi connectivity index (χ2n) is 5.60. The van der Waals surface area contributed by atoms with Gasteiger partial charge in [-0.25, -0.2) is 0 Å². The Labute approximate surface area is 135 Å². The third-order valence-electron chi connectivity index (χ3n) is 4.12. The summed E-state index contributed by atoms with van der Waals surface area (Å²) in [7, 11) is 0. The van der Waals surface area contributed by atoms with Gasteiger partial charge >= 0.3 is 0 Å². The van der Waals surface area contributed by atoms with Gasteiger partial charge in [0.05, 0.1) is 10.7 Å². The number of carbonyl (C=O) groups is 1. The van der Waals surface area contributed by atoms with E-state index in [1.165, 1.54) is 12.1 Å². The minimum atomic E-state index is 0.00485. The third kappa shape index (κ3) is 3.51. The zero-order valence-corrected chi connectivity index (χ0v) is 13.1. The molecule has 4 nitrogen and oxygen atoms in total. The number of halogens is 1. The molecular formula is C17H20ClN3O. The van der Waals surface area contributed by atoms with Gasteiger partial charge in [0.15, 0.2) is 0 Å². The Balaban J connectivity index is 1.54. The lowest BCUT2D eigenvalue weighted by Crippen LogP contribution is -2.27. The van der Waals surface area contributed by atoms with Gasteiger partial charge in [0.1, 0.15) is 0 Å². The van der Waals surface area contributed by atoms with Gasteiger partial charge in [-0.3, -0.25) is 9.69 Å². The average Bonchev–Trinajstić information content (AvgIpc) is 3.18. The largest absolute Gasteiger partial charge is 0.364 e. The van der Waals surface area contributed by atoms with Crippen LogP contribution in [0, 0.1) is 0 Å². The fourth-order valence-corrected chi connectivity index (χ4v) is 3.20. The zero-order chi connectivity index (χ0) is 15.4. The first-order valence-corrected chi connectivity index (χ1v) is 8.03. The van der Waals surface area contributed by atoms with Gasteiger partial charge in [0, 0.05) is 30.9 Å². The van der Waals surface area contributed by atoms with Crippen LogP contribution in [0.2, 0.25) is 5.02 Å². The minimum absolute atomic E-state index is 0.00485. The van der Waals surface area contributed by atoms with Gasteiger partial charge in [0.25, 0.3) is 0 Å². The first-order valence-electron chi connectivity index (χ1n) is 7.66. The molecule has 0 radical (unpaired) electrons. The van der Waals surface area contributed by atoms with Crippen molar-refractivity contribution in [1.29, 1.82) is 0 Å². The van der Waals surface area contributed by atoms with Crippen molar-refractivity contribution in [3.8, 4) is 0 Å². The van der Waals surface area contributed by atoms with Crippen LogP contribution in [-0.2, 0) is 4.79 Å². The molecule has 1 aliphatic heterocycles. The molecule has 0 bridgehead atoms. The van der Waals surface area contributed by atoms with Crippen molar-refractivity contribution in [3.05, 3.63) is 53.3 Å². The molecule has 0 saturated carbocycles. The number of hydrogen-bond acceptors (Lipinski definition) is 2. The highest BCUT2D eigenvalue weighted by Crippen LogP contribution is 2.30. The Bertz CT molecular complexity index is 627. The maximum atomic E-state index is 12.1. The predicted octanol–water partition coefficient (Wildman–Crippen LogP) is 3.83. The molecule has 2 aromatic rings. The number of hydrogen-bond donors (Lipinski definition) is 2. The Hall–Kier alpha value is -1.78. The number of aromatic amines is 1. The average molecular weight is 318 g/mol. The molecule has 22 heavy (non-hydrogen) atoms. The quantitative estimate of drug-likeness (QED) is 0.880. The molecular weight excluding hydrogens is 298 g/mol. The van der Waals surface area contributed by atoms with Crippen molar-refractivity contribution in [3.63, 3.8) is 0 Å². The summed E-state index contributed by atoms with van der Waals surface area (Å²) in [5, 5.41) is 3.45. The minimum Gasteiger partial charge on any atom is -0.364 e. The van der Waals surface area contributed by atoms with Crippen LogP contribution in [0.4, 0.5) is 5.69 Å². The number of nitrogens with zero attached hydrogens (tertiary/aromatic N) is 1. The lowest BCUT2D eigenvalue weighted by Gasteiger charge is -2.23. The lowest BCUT2D eigenvalue weighted by molar-refractivity contribution is -0.116. The van der Waals surface area contributed by atoms with E-state index >= 15 is 0 Å². The van der Waals surface area contributed by atoms with Crippen molar-refractivity contribution >= 4 is 23.2 Å². The molecule has 1 atom stereocenters. The SMILES string of the molecule is O=C(CCN1CCC[C@@H]1c1ccc[nH]1)Nc1ccccc1Cl. The lowest BCUT2D eigenvalue weighted by atomic mass is 10.1. The fourth-order valence-electron chi connectivity index (χ4n) is 3.02. The molecule has 1 aliphatic rings. The smallest absolute Gasteiger partial charge is 0.225 e. The molecule has 1 amide bonds. The van der Waals surface area contributed by atoms with Crippen molar-refractivity contribution in [2.24, 2.45) is 0 Å². The summed E-state index contributed by atoms with van der Waals surface area (Å²) in [5.74, 6) is 0.00485. The van der Waals surface area contributed by atoms with Crippen LogP contribution < -0.4 is 5.32 Å². The van der Waals surface area contributed by atoms with Crippen LogP contribution in [0.5, 0.6) is 0 Å². The normalized spacial score (nSPS) is 18.5. The number of aromatic nitrogens is 1. The van der Waals surface area contributed by atoms with E-state index in [4.69, 9.17) is 11.6 Å². The van der Waals surface area contributed by atoms with Crippen molar-refractivity contribution in [1.82, 2.24) is 9.88 Å². The van der Waals surface area contributed by atoms with E-state index in [1.54, 1.807) is 6.07 Å². The molecule has 5 heteroatoms. The molecule has 1 aromatic carbocycles. The molecule has 0 spiro atoms. The summed E-state index contributed by atoms with van der Waals surface area (Å²) in [5.41, 5.74) is 1.92. The molecule has 1 fully saturated rings. The van der Waals surface area contributed by atoms with Gasteiger partial charge < -0.3 is 10.3 Å². The first kappa shape index (κ1) is 15.1. The van der Waals surface area contributed by atoms with E-state index in [9.17, 15) is 4.79 Å². The maximum absolute atomic E-state index is 12.1. The molecule has 0 unspecified atom stereocenters. The summed E-state index contributed by atoms with van der Waals surface area (Å²) in [6.45, 7) is 1.81. The van der Waals surface area contributed by atoms with Crippen LogP contribution in [-0.4, -0.2) is 28.9 Å². The Morgan fingerprint density at radius 1 is 1.32 bits per heavy atom. The van der Waals surface area contributed by atoms with Gasteiger partial charge in [-0.1, -0.05) is 23.7 Å². The highest BCUT2D eigenvalue weighted by molar-refractivity contribution is 6.33. The van der Waals surface area contributed by atoms with E-state index in [0.717, 1.165) is 19.5 Å². The number of rotatable bonds is 5. The van der Waals surface area contributed by atoms with Gasteiger partial charge in [-0.2, -0.15) is 0 Å². The topological polar surface area (TPSA) is 48.1 Å². The van der Waals surface area contributed by atoms with Crippen LogP contribution in [0.1, 0.15) is 31.0 Å². The monoisotopic (exact) mass is 317 g/mol. The standard InChI is InChI=1S/C17H20ClN3O/c18-13-5-1-2-6-14(13)20-17(22)9-12-21-11-4-8-16(21)15-7-3-10-19-15/h1-3,5-7,10,16,19H,4,8-9,11-12H2,(H,20,22)/t16-/m1/s1. The van der Waals surface area contributed by atoms with Crippen molar-refractivity contribution in [2.75, 3.05) is 18.4 Å². The van der Waals surface area contributed by atoms with Gasteiger partial charge in [0.2, 0.25) is 5.91 Å². The molecule has 2 heterocycles. The Morgan fingerprint density at radius 2 is 2.18 bits per heavy atom. The summed E-state index contributed by atoms with van der Waals surface area (Å²) >= 11 is 6.06. The molecule has 1 aromatic heterocycles. The van der Waals surface area contributed by atoms with Crippen LogP contribution in [0.15, 0.2) is 42.6 Å². The Morgan fingerprint density at radius 3 is 2.95 bits per heavy atom. The number of benzene rings is 1. The second-order valence-corrected chi connectivity index (χ2v) is 6.00. The summed E-state index contributed by atoms with van der Waals surface area (Å²) < 4.78 is 0. The maximum Gasteiger partial charge on any atom is 0.225 e. The van der Waals surface area contributed by atoms with E-state index in [-0.39, 0.29) is 5.91 Å². The van der Waals surface area contributed by atoms with E-state index in [1.807, 2.05) is 30.5 Å². The molecule has 1 saturated heterocycles. The number of likely N-dealkylation sites (tertiary alicyclic amines) is 1. The number of nitrogens with one attached hydrogen (secondary N) is 2.